The van der Waals surface area contributed by atoms with Crippen LogP contribution in [0.4, 0.5) is 13.2 Å². The molecule has 26 heavy (non-hydrogen) atoms. The van der Waals surface area contributed by atoms with Crippen LogP contribution in [-0.4, -0.2) is 66.2 Å². The number of hydrogen-bond acceptors (Lipinski definition) is 4. The van der Waals surface area contributed by atoms with Crippen LogP contribution in [0.1, 0.15) is 30.2 Å². The van der Waals surface area contributed by atoms with Gasteiger partial charge in [-0.3, -0.25) is 4.90 Å². The highest BCUT2D eigenvalue weighted by molar-refractivity contribution is 7.11. The average molecular weight is 392 g/mol. The van der Waals surface area contributed by atoms with Crippen molar-refractivity contribution in [3.8, 4) is 0 Å². The number of hydrogen-bond donors (Lipinski definition) is 1. The van der Waals surface area contributed by atoms with Crippen LogP contribution in [-0.2, 0) is 6.54 Å². The third-order valence-electron chi connectivity index (χ3n) is 4.32. The van der Waals surface area contributed by atoms with Crippen LogP contribution in [0, 0.1) is 12.8 Å². The summed E-state index contributed by atoms with van der Waals surface area (Å²) in [5, 5.41) is 4.26. The van der Waals surface area contributed by atoms with E-state index in [2.05, 4.69) is 20.2 Å². The summed E-state index contributed by atoms with van der Waals surface area (Å²) in [6, 6.07) is 0. The van der Waals surface area contributed by atoms with Crippen LogP contribution in [0.2, 0.25) is 0 Å². The van der Waals surface area contributed by atoms with Gasteiger partial charge in [-0.2, -0.15) is 13.2 Å². The molecule has 0 radical (unpaired) electrons. The normalized spacial score (nSPS) is 18.8. The van der Waals surface area contributed by atoms with Crippen molar-refractivity contribution in [2.45, 2.75) is 39.9 Å². The van der Waals surface area contributed by atoms with E-state index < -0.39 is 12.7 Å². The third kappa shape index (κ3) is 6.75. The standard InChI is InChI=1S/C17H28F3N5S/c1-4-21-16(23-9-15-22-8-13(3)26-15)25-7-6-14(11-25)10-24(5-2)12-17(18,19)20/h8,14H,4-7,9-12H2,1-3H3,(H,21,23). The van der Waals surface area contributed by atoms with Crippen LogP contribution in [0.25, 0.3) is 0 Å². The zero-order valence-corrected chi connectivity index (χ0v) is 16.5. The molecule has 148 valence electrons. The monoisotopic (exact) mass is 391 g/mol. The summed E-state index contributed by atoms with van der Waals surface area (Å²) in [4.78, 5) is 13.8. The lowest BCUT2D eigenvalue weighted by Gasteiger charge is -2.26. The molecule has 0 bridgehead atoms. The minimum Gasteiger partial charge on any atom is -0.357 e. The van der Waals surface area contributed by atoms with Crippen molar-refractivity contribution in [1.82, 2.24) is 20.1 Å². The van der Waals surface area contributed by atoms with Gasteiger partial charge in [0, 0.05) is 37.3 Å². The molecule has 0 aliphatic carbocycles. The number of alkyl halides is 3. The summed E-state index contributed by atoms with van der Waals surface area (Å²) in [6.45, 7) is 8.68. The molecular formula is C17H28F3N5S. The van der Waals surface area contributed by atoms with E-state index in [0.29, 0.717) is 19.6 Å². The minimum absolute atomic E-state index is 0.225. The summed E-state index contributed by atoms with van der Waals surface area (Å²) in [5.41, 5.74) is 0. The fourth-order valence-electron chi connectivity index (χ4n) is 3.14. The molecule has 0 aromatic carbocycles. The van der Waals surface area contributed by atoms with Crippen LogP contribution >= 0.6 is 11.3 Å². The van der Waals surface area contributed by atoms with E-state index in [4.69, 9.17) is 0 Å². The van der Waals surface area contributed by atoms with E-state index in [1.807, 2.05) is 20.0 Å². The molecule has 0 amide bonds. The highest BCUT2D eigenvalue weighted by Gasteiger charge is 2.33. The van der Waals surface area contributed by atoms with Crippen molar-refractivity contribution in [3.63, 3.8) is 0 Å². The van der Waals surface area contributed by atoms with Crippen molar-refractivity contribution >= 4 is 17.3 Å². The molecule has 2 heterocycles. The highest BCUT2D eigenvalue weighted by atomic mass is 32.1. The van der Waals surface area contributed by atoms with Crippen LogP contribution in [0.3, 0.4) is 0 Å². The van der Waals surface area contributed by atoms with Gasteiger partial charge in [-0.1, -0.05) is 6.92 Å². The summed E-state index contributed by atoms with van der Waals surface area (Å²) < 4.78 is 37.9. The topological polar surface area (TPSA) is 43.8 Å². The van der Waals surface area contributed by atoms with E-state index in [0.717, 1.165) is 41.9 Å². The molecule has 1 aromatic rings. The Balaban J connectivity index is 1.92. The van der Waals surface area contributed by atoms with Gasteiger partial charge in [-0.25, -0.2) is 9.98 Å². The quantitative estimate of drug-likeness (QED) is 0.573. The van der Waals surface area contributed by atoms with E-state index >= 15 is 0 Å². The van der Waals surface area contributed by atoms with Gasteiger partial charge in [0.25, 0.3) is 0 Å². The first-order valence-corrected chi connectivity index (χ1v) is 9.86. The van der Waals surface area contributed by atoms with E-state index in [1.165, 1.54) is 4.90 Å². The molecule has 1 saturated heterocycles. The number of guanidine groups is 1. The Morgan fingerprint density at radius 3 is 2.81 bits per heavy atom. The summed E-state index contributed by atoms with van der Waals surface area (Å²) in [6.07, 6.45) is -1.42. The number of thiazole rings is 1. The van der Waals surface area contributed by atoms with Crippen molar-refractivity contribution in [2.24, 2.45) is 10.9 Å². The first-order valence-electron chi connectivity index (χ1n) is 9.04. The van der Waals surface area contributed by atoms with E-state index in [9.17, 15) is 13.2 Å². The second kappa shape index (κ2) is 9.55. The Bertz CT molecular complexity index is 587. The van der Waals surface area contributed by atoms with Crippen LogP contribution in [0.15, 0.2) is 11.2 Å². The highest BCUT2D eigenvalue weighted by Crippen LogP contribution is 2.21. The first-order chi connectivity index (χ1) is 12.3. The maximum atomic E-state index is 12.6. The zero-order valence-electron chi connectivity index (χ0n) is 15.6. The van der Waals surface area contributed by atoms with Gasteiger partial charge >= 0.3 is 6.18 Å². The van der Waals surface area contributed by atoms with Gasteiger partial charge in [0.1, 0.15) is 5.01 Å². The molecule has 1 fully saturated rings. The molecule has 2 rings (SSSR count). The Morgan fingerprint density at radius 2 is 2.23 bits per heavy atom. The molecule has 1 atom stereocenters. The predicted octanol–water partition coefficient (Wildman–Crippen LogP) is 3.12. The lowest BCUT2D eigenvalue weighted by atomic mass is 10.1. The van der Waals surface area contributed by atoms with Gasteiger partial charge in [-0.05, 0) is 32.7 Å². The van der Waals surface area contributed by atoms with Crippen molar-refractivity contribution in [3.05, 3.63) is 16.1 Å². The molecule has 1 aliphatic rings. The summed E-state index contributed by atoms with van der Waals surface area (Å²) in [5.74, 6) is 1.05. The fourth-order valence-corrected chi connectivity index (χ4v) is 3.85. The zero-order chi connectivity index (χ0) is 19.2. The molecule has 1 aliphatic heterocycles. The summed E-state index contributed by atoms with van der Waals surface area (Å²) >= 11 is 1.63. The van der Waals surface area contributed by atoms with Crippen molar-refractivity contribution in [2.75, 3.05) is 39.3 Å². The maximum absolute atomic E-state index is 12.6. The van der Waals surface area contributed by atoms with E-state index in [1.54, 1.807) is 18.3 Å². The Hall–Kier alpha value is -1.35. The lowest BCUT2D eigenvalue weighted by molar-refractivity contribution is -0.146. The van der Waals surface area contributed by atoms with E-state index in [-0.39, 0.29) is 5.92 Å². The molecule has 9 heteroatoms. The van der Waals surface area contributed by atoms with Crippen molar-refractivity contribution < 1.29 is 13.2 Å². The Labute approximate surface area is 157 Å². The molecule has 1 unspecified atom stereocenters. The fraction of sp³-hybridized carbons (Fsp3) is 0.765. The third-order valence-corrected chi connectivity index (χ3v) is 5.22. The molecule has 1 aromatic heterocycles. The number of nitrogens with zero attached hydrogens (tertiary/aromatic N) is 4. The number of aromatic nitrogens is 1. The second-order valence-corrected chi connectivity index (χ2v) is 7.90. The number of aryl methyl sites for hydroxylation is 1. The van der Waals surface area contributed by atoms with Gasteiger partial charge in [0.05, 0.1) is 13.1 Å². The number of halogens is 3. The lowest BCUT2D eigenvalue weighted by Crippen LogP contribution is -2.41. The van der Waals surface area contributed by atoms with Crippen LogP contribution < -0.4 is 5.32 Å². The number of likely N-dealkylation sites (tertiary alicyclic amines) is 1. The second-order valence-electron chi connectivity index (χ2n) is 6.58. The van der Waals surface area contributed by atoms with Crippen LogP contribution in [0.5, 0.6) is 0 Å². The van der Waals surface area contributed by atoms with Gasteiger partial charge in [-0.15, -0.1) is 11.3 Å². The Kier molecular flexibility index (Phi) is 7.69. The largest absolute Gasteiger partial charge is 0.401 e. The van der Waals surface area contributed by atoms with Gasteiger partial charge < -0.3 is 10.2 Å². The Morgan fingerprint density at radius 1 is 1.46 bits per heavy atom. The average Bonchev–Trinajstić information content (AvgIpc) is 3.18. The number of aliphatic imine (C=N–C) groups is 1. The smallest absolute Gasteiger partial charge is 0.357 e. The molecule has 0 spiro atoms. The van der Waals surface area contributed by atoms with Gasteiger partial charge in [0.2, 0.25) is 0 Å². The molecular weight excluding hydrogens is 363 g/mol. The molecule has 1 N–H and O–H groups in total. The number of nitrogens with one attached hydrogen (secondary N) is 1. The molecule has 5 nitrogen and oxygen atoms in total. The number of rotatable bonds is 7. The minimum atomic E-state index is -4.14. The molecule has 0 saturated carbocycles. The van der Waals surface area contributed by atoms with Gasteiger partial charge in [0.15, 0.2) is 5.96 Å². The SMILES string of the molecule is CCNC(=NCc1ncc(C)s1)N1CCC(CN(CC)CC(F)(F)F)C1. The first kappa shape index (κ1) is 21.0. The summed E-state index contributed by atoms with van der Waals surface area (Å²) in [7, 11) is 0. The van der Waals surface area contributed by atoms with Crippen molar-refractivity contribution in [1.29, 1.82) is 0 Å². The maximum Gasteiger partial charge on any atom is 0.401 e. The predicted molar refractivity (Wildman–Crippen MR) is 99.5 cm³/mol.